The SMILES string of the molecule is CC/C=C\C/C=C\C/C=C\C/C=C\C/C=C\CCCCCCCCCCCCCCCCCCCCCCCCCCCC(=O)OC(COC(=O)C/C=C\C/C=C\C/C=C\C/C=C\C/C=C\CC)COP(=O)(O)OCCN. The Hall–Kier alpha value is -3.59. The summed E-state index contributed by atoms with van der Waals surface area (Å²) >= 11 is 0. The average Bonchev–Trinajstić information content (AvgIpc) is 3.42. The third-order valence-electron chi connectivity index (χ3n) is 12.9. The second kappa shape index (κ2) is 61.6. The number of carbonyl (C=O) groups excluding carboxylic acids is 2. The first-order chi connectivity index (χ1) is 37.8. The van der Waals surface area contributed by atoms with Crippen LogP contribution in [0.3, 0.4) is 0 Å². The van der Waals surface area contributed by atoms with Crippen molar-refractivity contribution in [1.29, 1.82) is 0 Å². The molecular formula is C67H114NO8P. The Labute approximate surface area is 472 Å². The molecule has 2 atom stereocenters. The van der Waals surface area contributed by atoms with Gasteiger partial charge in [0.05, 0.1) is 19.6 Å². The summed E-state index contributed by atoms with van der Waals surface area (Å²) in [5.41, 5.74) is 5.37. The van der Waals surface area contributed by atoms with E-state index in [-0.39, 0.29) is 32.6 Å². The molecule has 0 aliphatic carbocycles. The summed E-state index contributed by atoms with van der Waals surface area (Å²) in [5.74, 6) is -0.974. The molecular weight excluding hydrogens is 978 g/mol. The number of hydrogen-bond acceptors (Lipinski definition) is 8. The molecule has 0 amide bonds. The van der Waals surface area contributed by atoms with Crippen LogP contribution in [0.2, 0.25) is 0 Å². The highest BCUT2D eigenvalue weighted by Gasteiger charge is 2.26. The van der Waals surface area contributed by atoms with E-state index >= 15 is 0 Å². The molecule has 0 spiro atoms. The van der Waals surface area contributed by atoms with Gasteiger partial charge in [0, 0.05) is 13.0 Å². The van der Waals surface area contributed by atoms with E-state index in [9.17, 15) is 19.0 Å². The van der Waals surface area contributed by atoms with Crippen molar-refractivity contribution in [1.82, 2.24) is 0 Å². The number of phosphoric acid groups is 1. The first-order valence-electron chi connectivity index (χ1n) is 31.0. The lowest BCUT2D eigenvalue weighted by molar-refractivity contribution is -0.160. The lowest BCUT2D eigenvalue weighted by Gasteiger charge is -2.19. The van der Waals surface area contributed by atoms with Crippen LogP contribution in [-0.4, -0.2) is 49.3 Å². The number of unbranched alkanes of at least 4 members (excludes halogenated alkanes) is 25. The molecule has 0 aliphatic rings. The zero-order valence-electron chi connectivity index (χ0n) is 49.2. The average molecular weight is 1090 g/mol. The summed E-state index contributed by atoms with van der Waals surface area (Å²) in [5, 5.41) is 0. The van der Waals surface area contributed by atoms with Crippen LogP contribution in [0, 0.1) is 0 Å². The third kappa shape index (κ3) is 61.5. The van der Waals surface area contributed by atoms with Crippen molar-refractivity contribution >= 4 is 19.8 Å². The van der Waals surface area contributed by atoms with Gasteiger partial charge in [-0.25, -0.2) is 4.57 Å². The smallest absolute Gasteiger partial charge is 0.461 e. The molecule has 3 N–H and O–H groups in total. The molecule has 440 valence electrons. The molecule has 0 radical (unpaired) electrons. The maximum absolute atomic E-state index is 12.7. The largest absolute Gasteiger partial charge is 0.472 e. The number of phosphoric ester groups is 1. The molecule has 0 bridgehead atoms. The van der Waals surface area contributed by atoms with Gasteiger partial charge >= 0.3 is 19.8 Å². The van der Waals surface area contributed by atoms with Crippen molar-refractivity contribution in [3.05, 3.63) is 122 Å². The van der Waals surface area contributed by atoms with Crippen LogP contribution < -0.4 is 5.73 Å². The molecule has 0 saturated heterocycles. The normalized spacial score (nSPS) is 13.9. The van der Waals surface area contributed by atoms with Crippen LogP contribution in [0.5, 0.6) is 0 Å². The molecule has 0 aliphatic heterocycles. The first-order valence-corrected chi connectivity index (χ1v) is 32.5. The summed E-state index contributed by atoms with van der Waals surface area (Å²) in [4.78, 5) is 35.0. The summed E-state index contributed by atoms with van der Waals surface area (Å²) < 4.78 is 32.9. The summed E-state index contributed by atoms with van der Waals surface area (Å²) in [6.45, 7) is 3.40. The second-order valence-electron chi connectivity index (χ2n) is 20.2. The highest BCUT2D eigenvalue weighted by atomic mass is 31.2. The zero-order chi connectivity index (χ0) is 55.9. The fourth-order valence-electron chi connectivity index (χ4n) is 8.38. The van der Waals surface area contributed by atoms with Gasteiger partial charge in [0.1, 0.15) is 6.61 Å². The summed E-state index contributed by atoms with van der Waals surface area (Å²) in [7, 11) is -4.41. The fourth-order valence-corrected chi connectivity index (χ4v) is 9.15. The molecule has 9 nitrogen and oxygen atoms in total. The van der Waals surface area contributed by atoms with Gasteiger partial charge in [-0.1, -0.05) is 283 Å². The second-order valence-corrected chi connectivity index (χ2v) is 21.6. The molecule has 0 fully saturated rings. The minimum absolute atomic E-state index is 0.0385. The van der Waals surface area contributed by atoms with Gasteiger partial charge in [0.2, 0.25) is 0 Å². The Bertz CT molecular complexity index is 1670. The minimum atomic E-state index is -4.41. The van der Waals surface area contributed by atoms with Crippen molar-refractivity contribution in [2.45, 2.75) is 264 Å². The van der Waals surface area contributed by atoms with Crippen molar-refractivity contribution in [3.63, 3.8) is 0 Å². The number of esters is 2. The molecule has 0 heterocycles. The molecule has 2 unspecified atom stereocenters. The van der Waals surface area contributed by atoms with Crippen molar-refractivity contribution in [3.8, 4) is 0 Å². The predicted molar refractivity (Wildman–Crippen MR) is 330 cm³/mol. The number of allylic oxidation sites excluding steroid dienone is 19. The highest BCUT2D eigenvalue weighted by Crippen LogP contribution is 2.43. The van der Waals surface area contributed by atoms with Gasteiger partial charge in [0.25, 0.3) is 0 Å². The van der Waals surface area contributed by atoms with Crippen molar-refractivity contribution in [2.75, 3.05) is 26.4 Å². The molecule has 0 aromatic rings. The number of carbonyl (C=O) groups is 2. The van der Waals surface area contributed by atoms with Gasteiger partial charge < -0.3 is 20.1 Å². The highest BCUT2D eigenvalue weighted by molar-refractivity contribution is 7.47. The first kappa shape index (κ1) is 73.4. The predicted octanol–water partition coefficient (Wildman–Crippen LogP) is 20.0. The number of hydrogen-bond donors (Lipinski definition) is 2. The lowest BCUT2D eigenvalue weighted by atomic mass is 10.0. The van der Waals surface area contributed by atoms with Crippen LogP contribution in [0.4, 0.5) is 0 Å². The van der Waals surface area contributed by atoms with E-state index < -0.39 is 32.5 Å². The van der Waals surface area contributed by atoms with Gasteiger partial charge in [0.15, 0.2) is 6.10 Å². The van der Waals surface area contributed by atoms with E-state index in [1.165, 1.54) is 141 Å². The van der Waals surface area contributed by atoms with Crippen LogP contribution in [0.25, 0.3) is 0 Å². The van der Waals surface area contributed by atoms with Crippen LogP contribution in [0.15, 0.2) is 122 Å². The third-order valence-corrected chi connectivity index (χ3v) is 13.9. The van der Waals surface area contributed by atoms with E-state index in [0.717, 1.165) is 77.0 Å². The Morgan fingerprint density at radius 1 is 0.403 bits per heavy atom. The lowest BCUT2D eigenvalue weighted by Crippen LogP contribution is -2.29. The number of nitrogens with two attached hydrogens (primary N) is 1. The molecule has 77 heavy (non-hydrogen) atoms. The van der Waals surface area contributed by atoms with E-state index in [2.05, 4.69) is 117 Å². The van der Waals surface area contributed by atoms with Crippen LogP contribution in [0.1, 0.15) is 258 Å². The van der Waals surface area contributed by atoms with Crippen molar-refractivity contribution < 1.29 is 37.6 Å². The maximum Gasteiger partial charge on any atom is 0.472 e. The van der Waals surface area contributed by atoms with Gasteiger partial charge in [-0.3, -0.25) is 18.6 Å². The molecule has 0 aromatic heterocycles. The monoisotopic (exact) mass is 1090 g/mol. The van der Waals surface area contributed by atoms with E-state index in [1.807, 2.05) is 12.2 Å². The summed E-state index contributed by atoms with van der Waals surface area (Å²) in [6.07, 6.45) is 86.2. The number of ether oxygens (including phenoxy) is 2. The topological polar surface area (TPSA) is 134 Å². The fraction of sp³-hybridized carbons (Fsp3) is 0.672. The molecule has 0 aromatic carbocycles. The van der Waals surface area contributed by atoms with E-state index in [4.69, 9.17) is 24.3 Å². The zero-order valence-corrected chi connectivity index (χ0v) is 50.0. The number of rotatable bonds is 57. The van der Waals surface area contributed by atoms with E-state index in [1.54, 1.807) is 6.08 Å². The van der Waals surface area contributed by atoms with Crippen LogP contribution >= 0.6 is 7.82 Å². The Balaban J connectivity index is 3.82. The Morgan fingerprint density at radius 3 is 1.06 bits per heavy atom. The standard InChI is InChI=1S/C67H114NO8P/c1-3-5-7-9-11-13-15-17-19-20-21-22-23-24-25-26-27-28-29-30-31-32-33-34-35-36-37-38-39-40-41-42-43-44-46-48-50-52-54-56-58-60-67(70)76-65(64-75-77(71,72)74-62-61-68)63-73-66(69)59-57-55-53-51-49-47-45-18-16-14-12-10-8-6-4-2/h5-8,11-14,17-19,21-22,24-25,45,49,51,55,57,65H,3-4,9-10,15-16,20,23,26-44,46-48,50,52-54,56,58-64,68H2,1-2H3,(H,71,72)/b7-5-,8-6-,13-11-,14-12-,19-17-,22-21-,25-24-,45-18-,51-49-,57-55-. The maximum atomic E-state index is 12.7. The van der Waals surface area contributed by atoms with Gasteiger partial charge in [-0.15, -0.1) is 0 Å². The molecule has 10 heteroatoms. The van der Waals surface area contributed by atoms with Gasteiger partial charge in [-0.2, -0.15) is 0 Å². The van der Waals surface area contributed by atoms with Crippen molar-refractivity contribution in [2.24, 2.45) is 5.73 Å². The van der Waals surface area contributed by atoms with Crippen LogP contribution in [-0.2, 0) is 32.7 Å². The van der Waals surface area contributed by atoms with E-state index in [0.29, 0.717) is 12.8 Å². The van der Waals surface area contributed by atoms with Gasteiger partial charge in [-0.05, 0) is 83.5 Å². The summed E-state index contributed by atoms with van der Waals surface area (Å²) in [6, 6.07) is 0. The minimum Gasteiger partial charge on any atom is -0.461 e. The molecule has 0 rings (SSSR count). The Morgan fingerprint density at radius 2 is 0.714 bits per heavy atom. The Kier molecular flexibility index (Phi) is 58.7. The quantitative estimate of drug-likeness (QED) is 0.0264. The molecule has 0 saturated carbocycles.